The molecule has 4 heteroatoms. The van der Waals surface area contributed by atoms with Crippen molar-refractivity contribution in [3.05, 3.63) is 108 Å². The maximum atomic E-state index is 10.8. The van der Waals surface area contributed by atoms with Crippen LogP contribution in [0, 0.1) is 0 Å². The van der Waals surface area contributed by atoms with Crippen LogP contribution >= 0.6 is 0 Å². The van der Waals surface area contributed by atoms with Crippen molar-refractivity contribution in [2.75, 3.05) is 7.11 Å². The number of hydrogen-bond acceptors (Lipinski definition) is 4. The van der Waals surface area contributed by atoms with E-state index in [9.17, 15) is 14.4 Å². The third-order valence-corrected chi connectivity index (χ3v) is 3.56. The van der Waals surface area contributed by atoms with E-state index in [4.69, 9.17) is 0 Å². The molecule has 0 unspecified atom stereocenters. The molecule has 0 saturated heterocycles. The fourth-order valence-electron chi connectivity index (χ4n) is 2.02. The second-order valence-corrected chi connectivity index (χ2v) is 5.70. The molecular weight excluding hydrogens is 352 g/mol. The molecular formula is C24H24O4. The lowest BCUT2D eigenvalue weighted by molar-refractivity contribution is 0.0600. The van der Waals surface area contributed by atoms with Gasteiger partial charge >= 0.3 is 5.97 Å². The van der Waals surface area contributed by atoms with Gasteiger partial charge in [0.05, 0.1) is 12.7 Å². The van der Waals surface area contributed by atoms with Gasteiger partial charge in [0, 0.05) is 11.1 Å². The molecule has 4 nitrogen and oxygen atoms in total. The summed E-state index contributed by atoms with van der Waals surface area (Å²) in [6.45, 7) is 3.01. The van der Waals surface area contributed by atoms with Gasteiger partial charge in [-0.05, 0) is 26.0 Å². The van der Waals surface area contributed by atoms with Gasteiger partial charge in [0.15, 0.2) is 11.6 Å². The zero-order valence-electron chi connectivity index (χ0n) is 16.3. The number of rotatable bonds is 3. The van der Waals surface area contributed by atoms with Gasteiger partial charge in [-0.3, -0.25) is 9.59 Å². The third-order valence-electron chi connectivity index (χ3n) is 3.56. The van der Waals surface area contributed by atoms with Gasteiger partial charge in [-0.1, -0.05) is 78.9 Å². The summed E-state index contributed by atoms with van der Waals surface area (Å²) in [6.07, 6.45) is 0. The highest BCUT2D eigenvalue weighted by Gasteiger charge is 2.01. The molecule has 3 rings (SSSR count). The standard InChI is InChI=1S/C10H10O2.C8H8O2.C6H6/c1-7(11)9-3-5-10(6-4-9)8(2)12;1-10-8(9)7-5-3-2-4-6-7;1-2-4-6-5-3-1/h3-6H,1-2H3;2-6H,1H3;1-6H. The first kappa shape index (κ1) is 22.5. The minimum atomic E-state index is -0.291. The molecule has 0 heterocycles. The molecule has 0 aromatic heterocycles. The molecule has 0 saturated carbocycles. The predicted octanol–water partition coefficient (Wildman–Crippen LogP) is 5.25. The highest BCUT2D eigenvalue weighted by Crippen LogP contribution is 2.05. The van der Waals surface area contributed by atoms with Crippen LogP contribution in [-0.2, 0) is 4.74 Å². The normalized spacial score (nSPS) is 8.96. The Kier molecular flexibility index (Phi) is 10.3. The Morgan fingerprint density at radius 1 is 0.536 bits per heavy atom. The van der Waals surface area contributed by atoms with Gasteiger partial charge < -0.3 is 4.74 Å². The van der Waals surface area contributed by atoms with Crippen molar-refractivity contribution in [1.82, 2.24) is 0 Å². The average Bonchev–Trinajstić information content (AvgIpc) is 2.76. The van der Waals surface area contributed by atoms with Gasteiger partial charge in [0.1, 0.15) is 0 Å². The molecule has 0 atom stereocenters. The molecule has 0 aliphatic carbocycles. The summed E-state index contributed by atoms with van der Waals surface area (Å²) in [5.41, 5.74) is 1.87. The van der Waals surface area contributed by atoms with Gasteiger partial charge in [-0.2, -0.15) is 0 Å². The zero-order valence-corrected chi connectivity index (χ0v) is 16.3. The molecule has 0 fully saturated rings. The van der Waals surface area contributed by atoms with E-state index in [-0.39, 0.29) is 17.5 Å². The number of ketones is 2. The lowest BCUT2D eigenvalue weighted by Crippen LogP contribution is -1.99. The van der Waals surface area contributed by atoms with Crippen molar-refractivity contribution in [3.63, 3.8) is 0 Å². The van der Waals surface area contributed by atoms with Crippen LogP contribution in [0.2, 0.25) is 0 Å². The van der Waals surface area contributed by atoms with E-state index >= 15 is 0 Å². The van der Waals surface area contributed by atoms with Gasteiger partial charge in [-0.25, -0.2) is 4.79 Å². The first-order chi connectivity index (χ1) is 13.5. The van der Waals surface area contributed by atoms with Crippen LogP contribution in [0.4, 0.5) is 0 Å². The Morgan fingerprint density at radius 3 is 1.14 bits per heavy atom. The van der Waals surface area contributed by atoms with E-state index in [1.165, 1.54) is 21.0 Å². The monoisotopic (exact) mass is 376 g/mol. The Balaban J connectivity index is 0.000000221. The first-order valence-electron chi connectivity index (χ1n) is 8.71. The van der Waals surface area contributed by atoms with Crippen molar-refractivity contribution in [2.24, 2.45) is 0 Å². The number of esters is 1. The highest BCUT2D eigenvalue weighted by molar-refractivity contribution is 5.97. The summed E-state index contributed by atoms with van der Waals surface area (Å²) in [7, 11) is 1.37. The Morgan fingerprint density at radius 2 is 0.857 bits per heavy atom. The molecule has 0 N–H and O–H groups in total. The number of hydrogen-bond donors (Lipinski definition) is 0. The van der Waals surface area contributed by atoms with E-state index in [0.717, 1.165) is 0 Å². The highest BCUT2D eigenvalue weighted by atomic mass is 16.5. The number of carbonyl (C=O) groups excluding carboxylic acids is 3. The molecule has 144 valence electrons. The summed E-state index contributed by atoms with van der Waals surface area (Å²) in [5.74, 6) is -0.254. The Bertz CT molecular complexity index is 794. The second kappa shape index (κ2) is 12.8. The summed E-state index contributed by atoms with van der Waals surface area (Å²) < 4.78 is 4.50. The van der Waals surface area contributed by atoms with Crippen LogP contribution in [-0.4, -0.2) is 24.6 Å². The van der Waals surface area contributed by atoms with Gasteiger partial charge in [0.25, 0.3) is 0 Å². The number of methoxy groups -OCH3 is 1. The van der Waals surface area contributed by atoms with Crippen LogP contribution in [0.25, 0.3) is 0 Å². The fourth-order valence-corrected chi connectivity index (χ4v) is 2.02. The molecule has 0 aliphatic heterocycles. The van der Waals surface area contributed by atoms with Gasteiger partial charge in [0.2, 0.25) is 0 Å². The third kappa shape index (κ3) is 8.72. The molecule has 3 aromatic rings. The van der Waals surface area contributed by atoms with E-state index in [0.29, 0.717) is 16.7 Å². The Hall–Kier alpha value is -3.53. The van der Waals surface area contributed by atoms with E-state index in [1.807, 2.05) is 42.5 Å². The number of ether oxygens (including phenoxy) is 1. The van der Waals surface area contributed by atoms with E-state index in [1.54, 1.807) is 48.5 Å². The first-order valence-corrected chi connectivity index (χ1v) is 8.71. The maximum absolute atomic E-state index is 10.8. The van der Waals surface area contributed by atoms with Crippen molar-refractivity contribution in [3.8, 4) is 0 Å². The fraction of sp³-hybridized carbons (Fsp3) is 0.125. The van der Waals surface area contributed by atoms with Crippen LogP contribution < -0.4 is 0 Å². The average molecular weight is 376 g/mol. The summed E-state index contributed by atoms with van der Waals surface area (Å²) in [6, 6.07) is 27.5. The van der Waals surface area contributed by atoms with Gasteiger partial charge in [-0.15, -0.1) is 0 Å². The van der Waals surface area contributed by atoms with Crippen LogP contribution in [0.1, 0.15) is 44.9 Å². The van der Waals surface area contributed by atoms with Crippen molar-refractivity contribution >= 4 is 17.5 Å². The van der Waals surface area contributed by atoms with E-state index < -0.39 is 0 Å². The summed E-state index contributed by atoms with van der Waals surface area (Å²) >= 11 is 0. The quantitative estimate of drug-likeness (QED) is 0.463. The molecule has 0 bridgehead atoms. The topological polar surface area (TPSA) is 60.4 Å². The van der Waals surface area contributed by atoms with Crippen LogP contribution in [0.3, 0.4) is 0 Å². The molecule has 0 amide bonds. The molecule has 3 aromatic carbocycles. The number of benzene rings is 3. The van der Waals surface area contributed by atoms with Crippen LogP contribution in [0.15, 0.2) is 91.0 Å². The second-order valence-electron chi connectivity index (χ2n) is 5.70. The van der Waals surface area contributed by atoms with Crippen molar-refractivity contribution < 1.29 is 19.1 Å². The summed E-state index contributed by atoms with van der Waals surface area (Å²) in [4.78, 5) is 32.5. The summed E-state index contributed by atoms with van der Waals surface area (Å²) in [5, 5.41) is 0. The number of Topliss-reactive ketones (excluding diaryl/α,β-unsaturated/α-hetero) is 2. The molecule has 28 heavy (non-hydrogen) atoms. The van der Waals surface area contributed by atoms with Crippen molar-refractivity contribution in [1.29, 1.82) is 0 Å². The lowest BCUT2D eigenvalue weighted by atomic mass is 10.1. The SMILES string of the molecule is CC(=O)c1ccc(C(C)=O)cc1.COC(=O)c1ccccc1.c1ccccc1. The molecule has 0 spiro atoms. The smallest absolute Gasteiger partial charge is 0.337 e. The maximum Gasteiger partial charge on any atom is 0.337 e. The molecule has 0 radical (unpaired) electrons. The lowest BCUT2D eigenvalue weighted by Gasteiger charge is -1.96. The predicted molar refractivity (Wildman–Crippen MR) is 111 cm³/mol. The molecule has 0 aliphatic rings. The minimum absolute atomic E-state index is 0.0186. The minimum Gasteiger partial charge on any atom is -0.465 e. The van der Waals surface area contributed by atoms with Crippen LogP contribution in [0.5, 0.6) is 0 Å². The number of carbonyl (C=O) groups is 3. The zero-order chi connectivity index (χ0) is 20.8. The van der Waals surface area contributed by atoms with Crippen molar-refractivity contribution in [2.45, 2.75) is 13.8 Å². The van der Waals surface area contributed by atoms with E-state index in [2.05, 4.69) is 4.74 Å². The largest absolute Gasteiger partial charge is 0.465 e. The Labute approximate surface area is 165 Å².